The number of nitrogens with one attached hydrogen (secondary N) is 2. The van der Waals surface area contributed by atoms with Crippen LogP contribution < -0.4 is 10.6 Å². The van der Waals surface area contributed by atoms with Gasteiger partial charge in [-0.3, -0.25) is 9.59 Å². The Morgan fingerprint density at radius 2 is 2.10 bits per heavy atom. The van der Waals surface area contributed by atoms with Crippen LogP contribution in [0.25, 0.3) is 0 Å². The van der Waals surface area contributed by atoms with Gasteiger partial charge in [0.2, 0.25) is 5.91 Å². The van der Waals surface area contributed by atoms with Gasteiger partial charge in [0.25, 0.3) is 5.91 Å². The average Bonchev–Trinajstić information content (AvgIpc) is 3.00. The first-order valence-electron chi connectivity index (χ1n) is 7.29. The highest BCUT2D eigenvalue weighted by Gasteiger charge is 2.31. The van der Waals surface area contributed by atoms with Gasteiger partial charge in [0.1, 0.15) is 0 Å². The van der Waals surface area contributed by atoms with Crippen molar-refractivity contribution in [1.82, 2.24) is 10.6 Å². The van der Waals surface area contributed by atoms with E-state index in [1.165, 1.54) is 12.3 Å². The van der Waals surface area contributed by atoms with Gasteiger partial charge < -0.3 is 20.2 Å². The van der Waals surface area contributed by atoms with E-state index in [1.807, 2.05) is 0 Å². The molecule has 0 aromatic carbocycles. The lowest BCUT2D eigenvalue weighted by Crippen LogP contribution is -2.47. The minimum atomic E-state index is -0.812. The van der Waals surface area contributed by atoms with Crippen LogP contribution in [0.3, 0.4) is 0 Å². The van der Waals surface area contributed by atoms with Crippen molar-refractivity contribution in [3.63, 3.8) is 0 Å². The lowest BCUT2D eigenvalue weighted by Gasteiger charge is -2.34. The first-order chi connectivity index (χ1) is 9.98. The van der Waals surface area contributed by atoms with E-state index < -0.39 is 11.5 Å². The van der Waals surface area contributed by atoms with Crippen molar-refractivity contribution in [2.75, 3.05) is 13.1 Å². The molecular weight excluding hydrogens is 272 g/mol. The molecule has 1 fully saturated rings. The van der Waals surface area contributed by atoms with Gasteiger partial charge in [-0.15, -0.1) is 0 Å². The van der Waals surface area contributed by atoms with E-state index in [0.717, 1.165) is 12.8 Å². The molecule has 0 bridgehead atoms. The fraction of sp³-hybridized carbons (Fsp3) is 0.600. The summed E-state index contributed by atoms with van der Waals surface area (Å²) in [5.74, 6) is 0.0542. The van der Waals surface area contributed by atoms with Gasteiger partial charge >= 0.3 is 0 Å². The van der Waals surface area contributed by atoms with Crippen LogP contribution in [0.1, 0.15) is 43.2 Å². The van der Waals surface area contributed by atoms with Crippen LogP contribution in [0.2, 0.25) is 0 Å². The molecule has 1 heterocycles. The Hall–Kier alpha value is -1.82. The molecule has 0 atom stereocenters. The third kappa shape index (κ3) is 4.60. The zero-order valence-corrected chi connectivity index (χ0v) is 12.2. The molecule has 0 aliphatic heterocycles. The van der Waals surface area contributed by atoms with Crippen molar-refractivity contribution < 1.29 is 19.1 Å². The topological polar surface area (TPSA) is 91.6 Å². The van der Waals surface area contributed by atoms with Crippen LogP contribution in [-0.2, 0) is 4.79 Å². The Balaban J connectivity index is 1.69. The summed E-state index contributed by atoms with van der Waals surface area (Å²) in [5, 5.41) is 15.5. The number of aliphatic hydroxyl groups is 1. The van der Waals surface area contributed by atoms with E-state index in [1.54, 1.807) is 6.07 Å². The Labute approximate surface area is 123 Å². The SMILES string of the molecule is CC1CCC(O)(CNC(=O)CNC(=O)c2ccco2)CC1. The molecule has 1 aromatic heterocycles. The Kier molecular flexibility index (Phi) is 5.01. The molecule has 6 heteroatoms. The second-order valence-electron chi connectivity index (χ2n) is 5.84. The maximum atomic E-state index is 11.7. The Bertz CT molecular complexity index is 476. The number of rotatable bonds is 5. The summed E-state index contributed by atoms with van der Waals surface area (Å²) in [6, 6.07) is 3.13. The molecule has 1 aromatic rings. The molecule has 1 aliphatic rings. The highest BCUT2D eigenvalue weighted by Crippen LogP contribution is 2.31. The van der Waals surface area contributed by atoms with Gasteiger partial charge in [0.15, 0.2) is 5.76 Å². The first kappa shape index (κ1) is 15.6. The smallest absolute Gasteiger partial charge is 0.287 e. The lowest BCUT2D eigenvalue weighted by atomic mass is 9.79. The van der Waals surface area contributed by atoms with Gasteiger partial charge in [-0.2, -0.15) is 0 Å². The first-order valence-corrected chi connectivity index (χ1v) is 7.29. The van der Waals surface area contributed by atoms with Gasteiger partial charge in [-0.25, -0.2) is 0 Å². The standard InChI is InChI=1S/C15H22N2O4/c1-11-4-6-15(20,7-5-11)10-17-13(18)9-16-14(19)12-3-2-8-21-12/h2-3,8,11,20H,4-7,9-10H2,1H3,(H,16,19)(H,17,18). The van der Waals surface area contributed by atoms with Crippen molar-refractivity contribution in [1.29, 1.82) is 0 Å². The molecule has 6 nitrogen and oxygen atoms in total. The fourth-order valence-corrected chi connectivity index (χ4v) is 2.46. The van der Waals surface area contributed by atoms with E-state index in [4.69, 9.17) is 4.42 Å². The summed E-state index contributed by atoms with van der Waals surface area (Å²) in [6.45, 7) is 2.27. The second kappa shape index (κ2) is 6.76. The summed E-state index contributed by atoms with van der Waals surface area (Å²) in [6.07, 6.45) is 4.75. The molecule has 2 amide bonds. The number of hydrogen-bond acceptors (Lipinski definition) is 4. The van der Waals surface area contributed by atoms with Crippen molar-refractivity contribution in [3.8, 4) is 0 Å². The molecule has 3 N–H and O–H groups in total. The highest BCUT2D eigenvalue weighted by molar-refractivity contribution is 5.94. The van der Waals surface area contributed by atoms with Gasteiger partial charge in [-0.05, 0) is 43.7 Å². The molecule has 0 saturated heterocycles. The van der Waals surface area contributed by atoms with Crippen LogP contribution in [0.15, 0.2) is 22.8 Å². The monoisotopic (exact) mass is 294 g/mol. The number of furan rings is 1. The molecule has 0 unspecified atom stereocenters. The van der Waals surface area contributed by atoms with E-state index in [9.17, 15) is 14.7 Å². The lowest BCUT2D eigenvalue weighted by molar-refractivity contribution is -0.121. The molecule has 116 valence electrons. The number of carbonyl (C=O) groups is 2. The van der Waals surface area contributed by atoms with E-state index in [0.29, 0.717) is 18.8 Å². The molecule has 1 aliphatic carbocycles. The van der Waals surface area contributed by atoms with Crippen LogP contribution in [0.5, 0.6) is 0 Å². The maximum absolute atomic E-state index is 11.7. The quantitative estimate of drug-likeness (QED) is 0.757. The molecule has 2 rings (SSSR count). The largest absolute Gasteiger partial charge is 0.459 e. The van der Waals surface area contributed by atoms with E-state index in [-0.39, 0.29) is 24.8 Å². The third-order valence-corrected chi connectivity index (χ3v) is 3.97. The van der Waals surface area contributed by atoms with Crippen LogP contribution in [0.4, 0.5) is 0 Å². The maximum Gasteiger partial charge on any atom is 0.287 e. The van der Waals surface area contributed by atoms with Gasteiger partial charge in [0.05, 0.1) is 18.4 Å². The second-order valence-corrected chi connectivity index (χ2v) is 5.84. The number of amides is 2. The van der Waals surface area contributed by atoms with Crippen molar-refractivity contribution in [2.24, 2.45) is 5.92 Å². The molecule has 0 spiro atoms. The minimum Gasteiger partial charge on any atom is -0.459 e. The minimum absolute atomic E-state index is 0.133. The molecule has 21 heavy (non-hydrogen) atoms. The summed E-state index contributed by atoms with van der Waals surface area (Å²) in [7, 11) is 0. The van der Waals surface area contributed by atoms with Crippen LogP contribution in [-0.4, -0.2) is 35.6 Å². The predicted molar refractivity (Wildman–Crippen MR) is 76.6 cm³/mol. The summed E-state index contributed by atoms with van der Waals surface area (Å²) in [5.41, 5.74) is -0.812. The predicted octanol–water partition coefficient (Wildman–Crippen LogP) is 1.07. The van der Waals surface area contributed by atoms with Crippen molar-refractivity contribution in [2.45, 2.75) is 38.2 Å². The van der Waals surface area contributed by atoms with E-state index in [2.05, 4.69) is 17.6 Å². The van der Waals surface area contributed by atoms with Crippen molar-refractivity contribution >= 4 is 11.8 Å². The molecule has 1 saturated carbocycles. The van der Waals surface area contributed by atoms with Crippen LogP contribution >= 0.6 is 0 Å². The average molecular weight is 294 g/mol. The Morgan fingerprint density at radius 1 is 1.38 bits per heavy atom. The molecule has 0 radical (unpaired) electrons. The van der Waals surface area contributed by atoms with Crippen LogP contribution in [0, 0.1) is 5.92 Å². The van der Waals surface area contributed by atoms with Crippen molar-refractivity contribution in [3.05, 3.63) is 24.2 Å². The zero-order valence-electron chi connectivity index (χ0n) is 12.2. The normalized spacial score (nSPS) is 25.3. The zero-order chi connectivity index (χ0) is 15.3. The third-order valence-electron chi connectivity index (χ3n) is 3.97. The summed E-state index contributed by atoms with van der Waals surface area (Å²) in [4.78, 5) is 23.3. The highest BCUT2D eigenvalue weighted by atomic mass is 16.3. The molecular formula is C15H22N2O4. The number of hydrogen-bond donors (Lipinski definition) is 3. The van der Waals surface area contributed by atoms with Gasteiger partial charge in [-0.1, -0.05) is 6.92 Å². The fourth-order valence-electron chi connectivity index (χ4n) is 2.46. The Morgan fingerprint density at radius 3 is 2.71 bits per heavy atom. The van der Waals surface area contributed by atoms with Gasteiger partial charge in [0, 0.05) is 6.54 Å². The summed E-state index contributed by atoms with van der Waals surface area (Å²) < 4.78 is 4.93. The van der Waals surface area contributed by atoms with E-state index >= 15 is 0 Å². The number of carbonyl (C=O) groups excluding carboxylic acids is 2. The summed E-state index contributed by atoms with van der Waals surface area (Å²) >= 11 is 0.